The number of Topliss-reactive ketones (excluding diaryl/α,β-unsaturated/α-hetero) is 1. The molecule has 0 heterocycles. The Morgan fingerprint density at radius 3 is 1.82 bits per heavy atom. The number of carbonyl (C=O) groups is 1. The number of phenolic OH excluding ortho intramolecular Hbond substituents is 1. The zero-order valence-corrected chi connectivity index (χ0v) is 17.7. The average Bonchev–Trinajstić information content (AvgIpc) is 2.69. The van der Waals surface area contributed by atoms with E-state index in [1.54, 1.807) is 18.2 Å². The molecule has 0 radical (unpaired) electrons. The Balaban J connectivity index is 1.79. The third-order valence-electron chi connectivity index (χ3n) is 5.37. The molecule has 28 heavy (non-hydrogen) atoms. The molecule has 3 N–H and O–H groups in total. The van der Waals surface area contributed by atoms with E-state index in [9.17, 15) is 9.90 Å². The summed E-state index contributed by atoms with van der Waals surface area (Å²) < 4.78 is 0. The maximum Gasteiger partial charge on any atom is 0.134 e. The smallest absolute Gasteiger partial charge is 0.134 e. The minimum Gasteiger partial charge on any atom is -0.508 e. The Bertz CT molecular complexity index is 524. The lowest BCUT2D eigenvalue weighted by molar-refractivity contribution is -0.119. The highest BCUT2D eigenvalue weighted by Crippen LogP contribution is 2.15. The van der Waals surface area contributed by atoms with Crippen molar-refractivity contribution in [2.75, 3.05) is 0 Å². The van der Waals surface area contributed by atoms with E-state index in [0.717, 1.165) is 19.3 Å². The topological polar surface area (TPSA) is 63.3 Å². The first kappa shape index (κ1) is 24.4. The zero-order chi connectivity index (χ0) is 20.5. The van der Waals surface area contributed by atoms with Gasteiger partial charge in [-0.1, -0.05) is 82.4 Å². The average molecular weight is 388 g/mol. The van der Waals surface area contributed by atoms with Crippen molar-refractivity contribution in [1.82, 2.24) is 0 Å². The molecule has 3 heteroatoms. The molecule has 0 aromatic heterocycles. The first-order valence-corrected chi connectivity index (χ1v) is 11.3. The van der Waals surface area contributed by atoms with Crippen molar-refractivity contribution in [2.45, 2.75) is 102 Å². The number of carbonyl (C=O) groups excluding carboxylic acids is 1. The van der Waals surface area contributed by atoms with Gasteiger partial charge in [-0.2, -0.15) is 0 Å². The van der Waals surface area contributed by atoms with Gasteiger partial charge in [0.05, 0.1) is 0 Å². The fourth-order valence-corrected chi connectivity index (χ4v) is 3.53. The number of nitrogens with two attached hydrogens (primary N) is 1. The van der Waals surface area contributed by atoms with Gasteiger partial charge >= 0.3 is 0 Å². The number of ketones is 1. The molecule has 3 nitrogen and oxygen atoms in total. The lowest BCUT2D eigenvalue weighted by Gasteiger charge is -2.05. The molecular weight excluding hydrogens is 346 g/mol. The largest absolute Gasteiger partial charge is 0.508 e. The Labute approximate surface area is 172 Å². The molecule has 0 bridgehead atoms. The molecule has 1 rings (SSSR count). The van der Waals surface area contributed by atoms with E-state index in [4.69, 9.17) is 5.73 Å². The molecule has 0 aliphatic heterocycles. The molecule has 0 fully saturated rings. The Morgan fingerprint density at radius 1 is 0.857 bits per heavy atom. The van der Waals surface area contributed by atoms with Crippen molar-refractivity contribution < 1.29 is 9.90 Å². The van der Waals surface area contributed by atoms with Gasteiger partial charge in [-0.25, -0.2) is 0 Å². The lowest BCUT2D eigenvalue weighted by Crippen LogP contribution is -2.20. The summed E-state index contributed by atoms with van der Waals surface area (Å²) in [5.74, 6) is 0.624. The van der Waals surface area contributed by atoms with E-state index in [0.29, 0.717) is 18.6 Å². The van der Waals surface area contributed by atoms with E-state index in [1.165, 1.54) is 69.8 Å². The van der Waals surface area contributed by atoms with E-state index < -0.39 is 0 Å². The molecular formula is C25H41NO2. The van der Waals surface area contributed by atoms with Crippen molar-refractivity contribution in [2.24, 2.45) is 5.73 Å². The van der Waals surface area contributed by atoms with Crippen LogP contribution in [0.5, 0.6) is 5.75 Å². The second-order valence-electron chi connectivity index (χ2n) is 8.05. The number of aryl methyl sites for hydroxylation is 1. The minimum atomic E-state index is -0.174. The summed E-state index contributed by atoms with van der Waals surface area (Å²) in [6.07, 6.45) is 19.2. The predicted octanol–water partition coefficient (Wildman–Crippen LogP) is 6.48. The van der Waals surface area contributed by atoms with Gasteiger partial charge in [-0.05, 0) is 37.0 Å². The summed E-state index contributed by atoms with van der Waals surface area (Å²) in [4.78, 5) is 11.7. The van der Waals surface area contributed by atoms with Gasteiger partial charge in [0, 0.05) is 18.9 Å². The van der Waals surface area contributed by atoms with Crippen molar-refractivity contribution in [3.05, 3.63) is 42.5 Å². The summed E-state index contributed by atoms with van der Waals surface area (Å²) in [5, 5.41) is 9.28. The second kappa shape index (κ2) is 16.4. The van der Waals surface area contributed by atoms with Gasteiger partial charge in [0.25, 0.3) is 0 Å². The van der Waals surface area contributed by atoms with Crippen LogP contribution in [0.25, 0.3) is 0 Å². The van der Waals surface area contributed by atoms with E-state index in [2.05, 4.69) is 6.58 Å². The zero-order valence-electron chi connectivity index (χ0n) is 17.7. The first-order valence-electron chi connectivity index (χ1n) is 11.3. The SMILES string of the molecule is C=CC(N)CC(=O)CCCCCCCCCCCCCCc1ccc(O)cc1. The van der Waals surface area contributed by atoms with Crippen molar-refractivity contribution in [3.8, 4) is 5.75 Å². The van der Waals surface area contributed by atoms with Crippen LogP contribution in [0, 0.1) is 0 Å². The summed E-state index contributed by atoms with van der Waals surface area (Å²) in [6, 6.07) is 7.41. The van der Waals surface area contributed by atoms with Crippen LogP contribution in [-0.4, -0.2) is 16.9 Å². The fraction of sp³-hybridized carbons (Fsp3) is 0.640. The van der Waals surface area contributed by atoms with Crippen molar-refractivity contribution in [1.29, 1.82) is 0 Å². The van der Waals surface area contributed by atoms with Gasteiger partial charge in [-0.15, -0.1) is 6.58 Å². The van der Waals surface area contributed by atoms with Crippen LogP contribution < -0.4 is 5.73 Å². The molecule has 1 aromatic carbocycles. The quantitative estimate of drug-likeness (QED) is 0.224. The number of phenols is 1. The molecule has 0 amide bonds. The highest BCUT2D eigenvalue weighted by Gasteiger charge is 2.05. The van der Waals surface area contributed by atoms with Crippen LogP contribution in [-0.2, 0) is 11.2 Å². The van der Waals surface area contributed by atoms with Gasteiger partial charge in [0.15, 0.2) is 0 Å². The molecule has 0 aliphatic carbocycles. The van der Waals surface area contributed by atoms with Gasteiger partial charge < -0.3 is 10.8 Å². The monoisotopic (exact) mass is 387 g/mol. The first-order chi connectivity index (χ1) is 13.6. The highest BCUT2D eigenvalue weighted by atomic mass is 16.3. The molecule has 1 aromatic rings. The van der Waals surface area contributed by atoms with E-state index in [-0.39, 0.29) is 11.8 Å². The normalized spacial score (nSPS) is 12.0. The van der Waals surface area contributed by atoms with Gasteiger partial charge in [0.2, 0.25) is 0 Å². The number of aromatic hydroxyl groups is 1. The number of hydrogen-bond acceptors (Lipinski definition) is 3. The predicted molar refractivity (Wildman–Crippen MR) is 120 cm³/mol. The van der Waals surface area contributed by atoms with Crippen LogP contribution in [0.3, 0.4) is 0 Å². The van der Waals surface area contributed by atoms with Crippen LogP contribution in [0.4, 0.5) is 0 Å². The Hall–Kier alpha value is -1.61. The molecule has 0 saturated heterocycles. The second-order valence-corrected chi connectivity index (χ2v) is 8.05. The molecule has 1 unspecified atom stereocenters. The van der Waals surface area contributed by atoms with Crippen LogP contribution in [0.2, 0.25) is 0 Å². The maximum atomic E-state index is 11.7. The van der Waals surface area contributed by atoms with Crippen LogP contribution in [0.1, 0.15) is 95.5 Å². The van der Waals surface area contributed by atoms with E-state index >= 15 is 0 Å². The van der Waals surface area contributed by atoms with Gasteiger partial charge in [0.1, 0.15) is 11.5 Å². The third kappa shape index (κ3) is 13.5. The number of unbranched alkanes of at least 4 members (excludes halogenated alkanes) is 11. The fourth-order valence-electron chi connectivity index (χ4n) is 3.53. The summed E-state index contributed by atoms with van der Waals surface area (Å²) in [7, 11) is 0. The molecule has 1 atom stereocenters. The minimum absolute atomic E-state index is 0.174. The lowest BCUT2D eigenvalue weighted by atomic mass is 10.0. The maximum absolute atomic E-state index is 11.7. The van der Waals surface area contributed by atoms with Crippen molar-refractivity contribution in [3.63, 3.8) is 0 Å². The summed E-state index contributed by atoms with van der Waals surface area (Å²) in [5.41, 5.74) is 7.02. The Kier molecular flexibility index (Phi) is 14.3. The Morgan fingerprint density at radius 2 is 1.32 bits per heavy atom. The standard InChI is InChI=1S/C25H41NO2/c1-2-23(26)21-25(28)16-14-12-10-8-6-4-3-5-7-9-11-13-15-22-17-19-24(27)20-18-22/h2,17-20,23,27H,1,3-16,21,26H2. The summed E-state index contributed by atoms with van der Waals surface area (Å²) in [6.45, 7) is 3.61. The molecule has 0 spiro atoms. The van der Waals surface area contributed by atoms with E-state index in [1.807, 2.05) is 12.1 Å². The van der Waals surface area contributed by atoms with Gasteiger partial charge in [-0.3, -0.25) is 4.79 Å². The van der Waals surface area contributed by atoms with Crippen molar-refractivity contribution >= 4 is 5.78 Å². The number of hydrogen-bond donors (Lipinski definition) is 2. The van der Waals surface area contributed by atoms with Crippen LogP contribution in [0.15, 0.2) is 36.9 Å². The van der Waals surface area contributed by atoms with Crippen LogP contribution >= 0.6 is 0 Å². The number of benzene rings is 1. The highest BCUT2D eigenvalue weighted by molar-refractivity contribution is 5.79. The molecule has 0 saturated carbocycles. The third-order valence-corrected chi connectivity index (χ3v) is 5.37. The molecule has 0 aliphatic rings. The number of rotatable bonds is 18. The summed E-state index contributed by atoms with van der Waals surface area (Å²) >= 11 is 0. The molecule has 158 valence electrons.